The fourth-order valence-electron chi connectivity index (χ4n) is 4.47. The van der Waals surface area contributed by atoms with Crippen LogP contribution in [-0.2, 0) is 11.2 Å². The largest absolute Gasteiger partial charge is 0.323 e. The molecule has 3 aromatic carbocycles. The van der Waals surface area contributed by atoms with Gasteiger partial charge in [-0.25, -0.2) is 4.98 Å². The molecule has 0 radical (unpaired) electrons. The highest BCUT2D eigenvalue weighted by Gasteiger charge is 2.13. The van der Waals surface area contributed by atoms with Crippen LogP contribution in [0.2, 0.25) is 0 Å². The fourth-order valence-corrected chi connectivity index (χ4v) is 4.47. The summed E-state index contributed by atoms with van der Waals surface area (Å²) in [6.45, 7) is 7.79. The second-order valence-corrected chi connectivity index (χ2v) is 9.65. The maximum absolute atomic E-state index is 11.8. The number of carbonyl (C=O) groups excluding carboxylic acids is 1. The highest BCUT2D eigenvalue weighted by molar-refractivity contribution is 5.99. The second kappa shape index (κ2) is 11.6. The average molecular weight is 514 g/mol. The molecule has 0 saturated carbocycles. The number of aromatic amines is 1. The topological polar surface area (TPSA) is 82.7 Å². The molecular formula is C33H31N5O. The maximum Gasteiger partial charge on any atom is 0.247 e. The van der Waals surface area contributed by atoms with E-state index in [9.17, 15) is 4.79 Å². The van der Waals surface area contributed by atoms with Crippen molar-refractivity contribution >= 4 is 23.2 Å². The first-order valence-electron chi connectivity index (χ1n) is 12.9. The van der Waals surface area contributed by atoms with Gasteiger partial charge in [0.2, 0.25) is 5.91 Å². The minimum absolute atomic E-state index is 0.176. The van der Waals surface area contributed by atoms with Crippen molar-refractivity contribution in [3.05, 3.63) is 138 Å². The number of aryl methyl sites for hydroxylation is 1. The number of rotatable bonds is 9. The molecule has 0 fully saturated rings. The normalized spacial score (nSPS) is 11.5. The van der Waals surface area contributed by atoms with Crippen LogP contribution >= 0.6 is 0 Å². The number of anilines is 3. The number of aromatic nitrogens is 3. The molecule has 0 aliphatic rings. The predicted octanol–water partition coefficient (Wildman–Crippen LogP) is 7.39. The molecule has 5 rings (SSSR count). The summed E-state index contributed by atoms with van der Waals surface area (Å²) >= 11 is 0. The van der Waals surface area contributed by atoms with Gasteiger partial charge < -0.3 is 10.6 Å². The molecule has 194 valence electrons. The second-order valence-electron chi connectivity index (χ2n) is 9.65. The first-order valence-corrected chi connectivity index (χ1v) is 12.9. The van der Waals surface area contributed by atoms with Crippen LogP contribution in [0.15, 0.2) is 110 Å². The maximum atomic E-state index is 11.8. The molecule has 1 amide bonds. The van der Waals surface area contributed by atoms with Crippen molar-refractivity contribution < 1.29 is 4.79 Å². The van der Waals surface area contributed by atoms with Gasteiger partial charge in [0.05, 0.1) is 5.69 Å². The summed E-state index contributed by atoms with van der Waals surface area (Å²) in [5, 5.41) is 13.9. The third-order valence-corrected chi connectivity index (χ3v) is 6.65. The lowest BCUT2D eigenvalue weighted by Crippen LogP contribution is -2.07. The van der Waals surface area contributed by atoms with E-state index in [0.717, 1.165) is 28.9 Å². The van der Waals surface area contributed by atoms with Gasteiger partial charge in [-0.05, 0) is 60.4 Å². The molecule has 0 saturated heterocycles. The third kappa shape index (κ3) is 6.48. The standard InChI is InChI=1S/C33H31N5O/c1-4-33(39)34-28-12-8-11-27(20-28)30-18-25(17-24-9-6-5-7-10-24)19-31(35-30)36-32-21-29(37-38-32)23(3)26-15-13-22(2)14-16-26/h4-16,18-21,23H,1,17H2,2-3H3,(H,34,39)(H2,35,36,37,38). The van der Waals surface area contributed by atoms with Gasteiger partial charge in [-0.2, -0.15) is 5.10 Å². The van der Waals surface area contributed by atoms with Crippen LogP contribution in [0, 0.1) is 6.92 Å². The number of nitrogens with zero attached hydrogens (tertiary/aromatic N) is 2. The highest BCUT2D eigenvalue weighted by Crippen LogP contribution is 2.28. The predicted molar refractivity (Wildman–Crippen MR) is 158 cm³/mol. The first kappa shape index (κ1) is 25.7. The summed E-state index contributed by atoms with van der Waals surface area (Å²) in [7, 11) is 0. The summed E-state index contributed by atoms with van der Waals surface area (Å²) < 4.78 is 0. The van der Waals surface area contributed by atoms with Crippen LogP contribution in [0.5, 0.6) is 0 Å². The fraction of sp³-hybridized carbons (Fsp3) is 0.121. The number of hydrogen-bond acceptors (Lipinski definition) is 4. The summed E-state index contributed by atoms with van der Waals surface area (Å²) in [5.41, 5.74) is 8.18. The van der Waals surface area contributed by atoms with Crippen molar-refractivity contribution in [3.63, 3.8) is 0 Å². The van der Waals surface area contributed by atoms with E-state index in [1.165, 1.54) is 22.8 Å². The number of carbonyl (C=O) groups is 1. The van der Waals surface area contributed by atoms with Crippen LogP contribution in [0.1, 0.15) is 40.8 Å². The van der Waals surface area contributed by atoms with E-state index in [2.05, 4.69) is 89.8 Å². The lowest BCUT2D eigenvalue weighted by atomic mass is 9.97. The molecule has 6 heteroatoms. The zero-order chi connectivity index (χ0) is 27.2. The van der Waals surface area contributed by atoms with E-state index < -0.39 is 0 Å². The number of pyridine rings is 1. The van der Waals surface area contributed by atoms with E-state index in [1.807, 2.05) is 48.5 Å². The van der Waals surface area contributed by atoms with Crippen molar-refractivity contribution in [1.29, 1.82) is 0 Å². The molecular weight excluding hydrogens is 482 g/mol. The Labute approximate surface area is 228 Å². The van der Waals surface area contributed by atoms with Gasteiger partial charge >= 0.3 is 0 Å². The smallest absolute Gasteiger partial charge is 0.247 e. The average Bonchev–Trinajstić information content (AvgIpc) is 3.42. The zero-order valence-corrected chi connectivity index (χ0v) is 22.1. The van der Waals surface area contributed by atoms with Crippen LogP contribution in [0.4, 0.5) is 17.3 Å². The monoisotopic (exact) mass is 513 g/mol. The number of nitrogens with one attached hydrogen (secondary N) is 3. The summed E-state index contributed by atoms with van der Waals surface area (Å²) in [6, 6.07) is 32.7. The Morgan fingerprint density at radius 1 is 0.923 bits per heavy atom. The minimum atomic E-state index is -0.255. The van der Waals surface area contributed by atoms with Crippen molar-refractivity contribution in [2.24, 2.45) is 0 Å². The van der Waals surface area contributed by atoms with Crippen molar-refractivity contribution in [1.82, 2.24) is 15.2 Å². The molecule has 0 spiro atoms. The molecule has 39 heavy (non-hydrogen) atoms. The Morgan fingerprint density at radius 3 is 2.49 bits per heavy atom. The van der Waals surface area contributed by atoms with Crippen molar-refractivity contribution in [2.75, 3.05) is 10.6 Å². The number of H-pyrrole nitrogens is 1. The zero-order valence-electron chi connectivity index (χ0n) is 22.1. The molecule has 6 nitrogen and oxygen atoms in total. The highest BCUT2D eigenvalue weighted by atomic mass is 16.1. The summed E-state index contributed by atoms with van der Waals surface area (Å²) in [4.78, 5) is 16.7. The Hall–Kier alpha value is -4.97. The van der Waals surface area contributed by atoms with Crippen LogP contribution in [-0.4, -0.2) is 21.1 Å². The van der Waals surface area contributed by atoms with Crippen LogP contribution in [0.25, 0.3) is 11.3 Å². The first-order chi connectivity index (χ1) is 19.0. The van der Waals surface area contributed by atoms with Gasteiger partial charge in [-0.15, -0.1) is 0 Å². The number of hydrogen-bond donors (Lipinski definition) is 3. The number of benzene rings is 3. The van der Waals surface area contributed by atoms with Crippen molar-refractivity contribution in [2.45, 2.75) is 26.2 Å². The molecule has 5 aromatic rings. The molecule has 0 aliphatic heterocycles. The van der Waals surface area contributed by atoms with Gasteiger partial charge in [0.25, 0.3) is 0 Å². The molecule has 1 atom stereocenters. The SMILES string of the molecule is C=CC(=O)Nc1cccc(-c2cc(Cc3ccccc3)cc(Nc3cc(C(C)c4ccc(C)cc4)[nH]n3)n2)c1. The third-order valence-electron chi connectivity index (χ3n) is 6.65. The van der Waals surface area contributed by atoms with E-state index in [4.69, 9.17) is 4.98 Å². The van der Waals surface area contributed by atoms with Crippen LogP contribution in [0.3, 0.4) is 0 Å². The Morgan fingerprint density at radius 2 is 1.72 bits per heavy atom. The Balaban J connectivity index is 1.45. The molecule has 3 N–H and O–H groups in total. The summed E-state index contributed by atoms with van der Waals surface area (Å²) in [6.07, 6.45) is 2.01. The molecule has 1 unspecified atom stereocenters. The van der Waals surface area contributed by atoms with E-state index in [0.29, 0.717) is 17.3 Å². The van der Waals surface area contributed by atoms with Crippen molar-refractivity contribution in [3.8, 4) is 11.3 Å². The Bertz CT molecular complexity index is 1590. The van der Waals surface area contributed by atoms with Crippen LogP contribution < -0.4 is 10.6 Å². The minimum Gasteiger partial charge on any atom is -0.323 e. The quantitative estimate of drug-likeness (QED) is 0.179. The summed E-state index contributed by atoms with van der Waals surface area (Å²) in [5.74, 6) is 1.32. The molecule has 2 heterocycles. The molecule has 0 bridgehead atoms. The van der Waals surface area contributed by atoms with Gasteiger partial charge in [-0.1, -0.05) is 85.8 Å². The Kier molecular flexibility index (Phi) is 7.64. The van der Waals surface area contributed by atoms with Gasteiger partial charge in [0, 0.05) is 28.9 Å². The van der Waals surface area contributed by atoms with E-state index >= 15 is 0 Å². The molecule has 2 aromatic heterocycles. The van der Waals surface area contributed by atoms with Gasteiger partial charge in [0.15, 0.2) is 5.82 Å². The van der Waals surface area contributed by atoms with Gasteiger partial charge in [0.1, 0.15) is 5.82 Å². The number of amides is 1. The van der Waals surface area contributed by atoms with Gasteiger partial charge in [-0.3, -0.25) is 9.89 Å². The molecule has 0 aliphatic carbocycles. The van der Waals surface area contributed by atoms with E-state index in [-0.39, 0.29) is 11.8 Å². The van der Waals surface area contributed by atoms with E-state index in [1.54, 1.807) is 0 Å². The lowest BCUT2D eigenvalue weighted by Gasteiger charge is -2.12. The lowest BCUT2D eigenvalue weighted by molar-refractivity contribution is -0.111.